The predicted molar refractivity (Wildman–Crippen MR) is 154 cm³/mol. The van der Waals surface area contributed by atoms with Gasteiger partial charge in [-0.3, -0.25) is 4.79 Å². The van der Waals surface area contributed by atoms with Crippen molar-refractivity contribution >= 4 is 11.8 Å². The normalized spacial score (nSPS) is 18.7. The van der Waals surface area contributed by atoms with E-state index >= 15 is 0 Å². The molecule has 0 bridgehead atoms. The van der Waals surface area contributed by atoms with Gasteiger partial charge in [0.05, 0.1) is 18.1 Å². The van der Waals surface area contributed by atoms with E-state index in [4.69, 9.17) is 14.2 Å². The predicted octanol–water partition coefficient (Wildman–Crippen LogP) is 6.21. The second-order valence-corrected chi connectivity index (χ2v) is 10.1. The molecule has 3 aromatic rings. The fourth-order valence-electron chi connectivity index (χ4n) is 5.58. The van der Waals surface area contributed by atoms with Gasteiger partial charge in [0.15, 0.2) is 5.78 Å². The summed E-state index contributed by atoms with van der Waals surface area (Å²) >= 11 is 0. The minimum Gasteiger partial charge on any atom is -0.489 e. The lowest BCUT2D eigenvalue weighted by atomic mass is 9.71. The van der Waals surface area contributed by atoms with Crippen LogP contribution in [0.2, 0.25) is 0 Å². The van der Waals surface area contributed by atoms with Crippen LogP contribution in [0.5, 0.6) is 5.75 Å². The van der Waals surface area contributed by atoms with E-state index in [0.717, 1.165) is 22.4 Å². The molecule has 2 aliphatic rings. The zero-order chi connectivity index (χ0) is 27.9. The largest absolute Gasteiger partial charge is 0.489 e. The number of benzene rings is 3. The van der Waals surface area contributed by atoms with Gasteiger partial charge < -0.3 is 19.5 Å². The van der Waals surface area contributed by atoms with E-state index in [9.17, 15) is 9.59 Å². The summed E-state index contributed by atoms with van der Waals surface area (Å²) in [7, 11) is 0. The maximum atomic E-state index is 13.9. The SMILES string of the molecule is CCOCCOC(=O)C1=C(C)NC2=C(C(=O)CC(c3ccccc3)C2)C1c1ccccc1OCc1ccccc1. The third kappa shape index (κ3) is 6.02. The number of ketones is 1. The van der Waals surface area contributed by atoms with Crippen molar-refractivity contribution in [1.29, 1.82) is 0 Å². The lowest BCUT2D eigenvalue weighted by molar-refractivity contribution is -0.140. The number of hydrogen-bond donors (Lipinski definition) is 1. The van der Waals surface area contributed by atoms with Gasteiger partial charge in [0.1, 0.15) is 19.0 Å². The van der Waals surface area contributed by atoms with Crippen molar-refractivity contribution < 1.29 is 23.8 Å². The highest BCUT2D eigenvalue weighted by atomic mass is 16.6. The number of allylic oxidation sites excluding steroid dienone is 3. The van der Waals surface area contributed by atoms with Crippen LogP contribution >= 0.6 is 0 Å². The molecule has 1 heterocycles. The van der Waals surface area contributed by atoms with Crippen LogP contribution in [0, 0.1) is 0 Å². The van der Waals surface area contributed by atoms with Gasteiger partial charge in [0.25, 0.3) is 0 Å². The van der Waals surface area contributed by atoms with Gasteiger partial charge in [-0.1, -0.05) is 78.9 Å². The number of rotatable bonds is 10. The Hall–Kier alpha value is -4.16. The molecule has 2 atom stereocenters. The molecule has 1 aliphatic carbocycles. The maximum absolute atomic E-state index is 13.9. The third-order valence-electron chi connectivity index (χ3n) is 7.45. The molecular weight excluding hydrogens is 502 g/mol. The zero-order valence-electron chi connectivity index (χ0n) is 23.0. The Bertz CT molecular complexity index is 1410. The summed E-state index contributed by atoms with van der Waals surface area (Å²) in [5.74, 6) is -0.338. The molecule has 5 rings (SSSR count). The summed E-state index contributed by atoms with van der Waals surface area (Å²) < 4.78 is 17.3. The van der Waals surface area contributed by atoms with Gasteiger partial charge in [-0.15, -0.1) is 0 Å². The van der Waals surface area contributed by atoms with Gasteiger partial charge in [-0.25, -0.2) is 4.79 Å². The van der Waals surface area contributed by atoms with Crippen molar-refractivity contribution in [2.24, 2.45) is 0 Å². The minimum atomic E-state index is -0.605. The summed E-state index contributed by atoms with van der Waals surface area (Å²) in [4.78, 5) is 27.5. The third-order valence-corrected chi connectivity index (χ3v) is 7.45. The van der Waals surface area contributed by atoms with Crippen molar-refractivity contribution in [3.63, 3.8) is 0 Å². The number of para-hydroxylation sites is 1. The topological polar surface area (TPSA) is 73.9 Å². The van der Waals surface area contributed by atoms with E-state index in [1.165, 1.54) is 0 Å². The molecule has 6 nitrogen and oxygen atoms in total. The second kappa shape index (κ2) is 12.8. The van der Waals surface area contributed by atoms with E-state index in [-0.39, 0.29) is 18.3 Å². The fourth-order valence-corrected chi connectivity index (χ4v) is 5.58. The van der Waals surface area contributed by atoms with Crippen LogP contribution in [0.4, 0.5) is 0 Å². The highest BCUT2D eigenvalue weighted by Crippen LogP contribution is 2.47. The standard InChI is InChI=1S/C34H35NO5/c1-3-38-18-19-39-34(37)31-23(2)35-28-20-26(25-14-8-5-9-15-25)21-29(36)33(28)32(31)27-16-10-11-17-30(27)40-22-24-12-6-4-7-13-24/h4-17,26,32,35H,3,18-22H2,1-2H3. The first-order valence-corrected chi connectivity index (χ1v) is 13.9. The van der Waals surface area contributed by atoms with Crippen molar-refractivity contribution in [3.05, 3.63) is 124 Å². The number of nitrogens with one attached hydrogen (secondary N) is 1. The lowest BCUT2D eigenvalue weighted by Crippen LogP contribution is -2.36. The summed E-state index contributed by atoms with van der Waals surface area (Å²) in [5, 5.41) is 3.42. The average molecular weight is 538 g/mol. The second-order valence-electron chi connectivity index (χ2n) is 10.1. The number of esters is 1. The summed E-state index contributed by atoms with van der Waals surface area (Å²) in [6.45, 7) is 5.14. The monoisotopic (exact) mass is 537 g/mol. The lowest BCUT2D eigenvalue weighted by Gasteiger charge is -2.37. The number of dihydropyridines is 1. The Kier molecular flexibility index (Phi) is 8.77. The summed E-state index contributed by atoms with van der Waals surface area (Å²) in [6, 6.07) is 27.7. The highest BCUT2D eigenvalue weighted by Gasteiger charge is 2.42. The van der Waals surface area contributed by atoms with E-state index in [1.54, 1.807) is 0 Å². The summed E-state index contributed by atoms with van der Waals surface area (Å²) in [5.41, 5.74) is 5.53. The number of hydrogen-bond acceptors (Lipinski definition) is 6. The van der Waals surface area contributed by atoms with E-state index < -0.39 is 11.9 Å². The van der Waals surface area contributed by atoms with Crippen LogP contribution in [0.3, 0.4) is 0 Å². The minimum absolute atomic E-state index is 0.0255. The Morgan fingerprint density at radius 1 is 0.900 bits per heavy atom. The zero-order valence-corrected chi connectivity index (χ0v) is 23.0. The number of carbonyl (C=O) groups excluding carboxylic acids is 2. The molecule has 0 aromatic heterocycles. The Morgan fingerprint density at radius 3 is 2.35 bits per heavy atom. The molecule has 40 heavy (non-hydrogen) atoms. The molecular formula is C34H35NO5. The first-order chi connectivity index (χ1) is 19.6. The molecule has 3 aromatic carbocycles. The van der Waals surface area contributed by atoms with E-state index in [1.807, 2.05) is 86.6 Å². The molecule has 6 heteroatoms. The van der Waals surface area contributed by atoms with Crippen molar-refractivity contribution in [2.45, 2.75) is 45.1 Å². The first-order valence-electron chi connectivity index (χ1n) is 13.9. The van der Waals surface area contributed by atoms with Crippen LogP contribution in [-0.4, -0.2) is 31.6 Å². The summed E-state index contributed by atoms with van der Waals surface area (Å²) in [6.07, 6.45) is 1.05. The highest BCUT2D eigenvalue weighted by molar-refractivity contribution is 6.04. The maximum Gasteiger partial charge on any atom is 0.336 e. The number of carbonyl (C=O) groups is 2. The van der Waals surface area contributed by atoms with Gasteiger partial charge >= 0.3 is 5.97 Å². The van der Waals surface area contributed by atoms with Crippen LogP contribution in [0.15, 0.2) is 107 Å². The molecule has 1 aliphatic heterocycles. The average Bonchev–Trinajstić information content (AvgIpc) is 2.98. The number of Topliss-reactive ketones (excluding diaryl/α,β-unsaturated/α-hetero) is 1. The van der Waals surface area contributed by atoms with Gasteiger partial charge in [-0.05, 0) is 43.4 Å². The van der Waals surface area contributed by atoms with Gasteiger partial charge in [0, 0.05) is 35.6 Å². The molecule has 2 unspecified atom stereocenters. The van der Waals surface area contributed by atoms with Crippen LogP contribution in [-0.2, 0) is 25.7 Å². The Balaban J connectivity index is 1.53. The molecule has 0 amide bonds. The molecule has 0 saturated heterocycles. The molecule has 0 radical (unpaired) electrons. The van der Waals surface area contributed by atoms with Gasteiger partial charge in [0.2, 0.25) is 0 Å². The van der Waals surface area contributed by atoms with Crippen LogP contribution in [0.25, 0.3) is 0 Å². The van der Waals surface area contributed by atoms with Crippen LogP contribution < -0.4 is 10.1 Å². The molecule has 0 fully saturated rings. The quantitative estimate of drug-likeness (QED) is 0.245. The first kappa shape index (κ1) is 27.4. The molecule has 0 spiro atoms. The van der Waals surface area contributed by atoms with Crippen molar-refractivity contribution in [1.82, 2.24) is 5.32 Å². The number of ether oxygens (including phenoxy) is 3. The van der Waals surface area contributed by atoms with Crippen molar-refractivity contribution in [3.8, 4) is 5.75 Å². The smallest absolute Gasteiger partial charge is 0.336 e. The Labute approximate surface area is 235 Å². The molecule has 0 saturated carbocycles. The van der Waals surface area contributed by atoms with Crippen LogP contribution in [0.1, 0.15) is 55.2 Å². The molecule has 1 N–H and O–H groups in total. The molecule has 206 valence electrons. The van der Waals surface area contributed by atoms with Crippen molar-refractivity contribution in [2.75, 3.05) is 19.8 Å². The van der Waals surface area contributed by atoms with E-state index in [2.05, 4.69) is 17.4 Å². The van der Waals surface area contributed by atoms with Gasteiger partial charge in [-0.2, -0.15) is 0 Å². The van der Waals surface area contributed by atoms with E-state index in [0.29, 0.717) is 55.3 Å². The Morgan fingerprint density at radius 2 is 1.60 bits per heavy atom. The fraction of sp³-hybridized carbons (Fsp3) is 0.294.